The lowest BCUT2D eigenvalue weighted by molar-refractivity contribution is 0.0696. The second-order valence-electron chi connectivity index (χ2n) is 7.89. The Morgan fingerprint density at radius 2 is 1.71 bits per heavy atom. The summed E-state index contributed by atoms with van der Waals surface area (Å²) < 4.78 is 17.1. The first-order chi connectivity index (χ1) is 16.4. The van der Waals surface area contributed by atoms with E-state index in [9.17, 15) is 9.59 Å². The van der Waals surface area contributed by atoms with Gasteiger partial charge in [0.15, 0.2) is 0 Å². The molecule has 0 aliphatic rings. The van der Waals surface area contributed by atoms with Crippen molar-refractivity contribution >= 4 is 17.7 Å². The lowest BCUT2D eigenvalue weighted by Crippen LogP contribution is -2.19. The SMILES string of the molecule is COC[C@H](C)Oc1cc(OC[C@H](C)c2ccccc2)cc(C(=O)Nc2ccc(C(=O)O)cn2)c1. The number of amides is 1. The maximum Gasteiger partial charge on any atom is 0.337 e. The van der Waals surface area contributed by atoms with Crippen molar-refractivity contribution in [3.8, 4) is 11.5 Å². The van der Waals surface area contributed by atoms with Crippen LogP contribution < -0.4 is 14.8 Å². The highest BCUT2D eigenvalue weighted by Gasteiger charge is 2.15. The van der Waals surface area contributed by atoms with Gasteiger partial charge in [-0.1, -0.05) is 37.3 Å². The molecule has 3 rings (SSSR count). The first kappa shape index (κ1) is 24.7. The summed E-state index contributed by atoms with van der Waals surface area (Å²) in [5, 5.41) is 11.7. The summed E-state index contributed by atoms with van der Waals surface area (Å²) in [6, 6.07) is 17.8. The minimum atomic E-state index is -1.09. The number of aromatic nitrogens is 1. The van der Waals surface area contributed by atoms with Gasteiger partial charge in [0.2, 0.25) is 0 Å². The number of benzene rings is 2. The van der Waals surface area contributed by atoms with Crippen LogP contribution in [0.3, 0.4) is 0 Å². The number of nitrogens with zero attached hydrogens (tertiary/aromatic N) is 1. The molecule has 8 heteroatoms. The maximum atomic E-state index is 12.9. The number of ether oxygens (including phenoxy) is 3. The number of aromatic carboxylic acids is 1. The van der Waals surface area contributed by atoms with Crippen molar-refractivity contribution in [2.45, 2.75) is 25.9 Å². The number of carbonyl (C=O) groups is 2. The zero-order valence-corrected chi connectivity index (χ0v) is 19.4. The van der Waals surface area contributed by atoms with Crippen LogP contribution in [0.15, 0.2) is 66.9 Å². The summed E-state index contributed by atoms with van der Waals surface area (Å²) in [5.41, 5.74) is 1.50. The number of carbonyl (C=O) groups excluding carboxylic acids is 1. The molecule has 2 atom stereocenters. The molecule has 2 aromatic carbocycles. The lowest BCUT2D eigenvalue weighted by atomic mass is 10.0. The number of pyridine rings is 1. The smallest absolute Gasteiger partial charge is 0.337 e. The van der Waals surface area contributed by atoms with Crippen molar-refractivity contribution in [2.75, 3.05) is 25.6 Å². The molecule has 178 valence electrons. The normalized spacial score (nSPS) is 12.4. The Hall–Kier alpha value is -3.91. The van der Waals surface area contributed by atoms with Crippen molar-refractivity contribution in [2.24, 2.45) is 0 Å². The van der Waals surface area contributed by atoms with Crippen LogP contribution in [0.4, 0.5) is 5.82 Å². The van der Waals surface area contributed by atoms with E-state index in [2.05, 4.69) is 17.2 Å². The first-order valence-corrected chi connectivity index (χ1v) is 10.8. The van der Waals surface area contributed by atoms with Crippen molar-refractivity contribution in [3.05, 3.63) is 83.6 Å². The summed E-state index contributed by atoms with van der Waals surface area (Å²) in [5.74, 6) is -0.187. The van der Waals surface area contributed by atoms with Crippen LogP contribution in [0.5, 0.6) is 11.5 Å². The van der Waals surface area contributed by atoms with E-state index >= 15 is 0 Å². The van der Waals surface area contributed by atoms with E-state index < -0.39 is 11.9 Å². The first-order valence-electron chi connectivity index (χ1n) is 10.8. The molecule has 8 nitrogen and oxygen atoms in total. The number of carboxylic acids is 1. The third-order valence-electron chi connectivity index (χ3n) is 5.00. The third kappa shape index (κ3) is 7.05. The molecule has 0 aliphatic heterocycles. The molecular weight excluding hydrogens is 436 g/mol. The number of methoxy groups -OCH3 is 1. The average molecular weight is 465 g/mol. The standard InChI is InChI=1S/C26H28N2O6/c1-17(19-7-5-4-6-8-19)15-33-22-11-21(12-23(13-22)34-18(2)16-32-3)25(29)28-24-10-9-20(14-27-24)26(30)31/h4-14,17-18H,15-16H2,1-3H3,(H,30,31)(H,27,28,29)/t17-,18-/m0/s1. The molecule has 3 aromatic rings. The molecule has 1 amide bonds. The van der Waals surface area contributed by atoms with Crippen LogP contribution in [-0.2, 0) is 4.74 Å². The van der Waals surface area contributed by atoms with E-state index in [0.29, 0.717) is 30.3 Å². The summed E-state index contributed by atoms with van der Waals surface area (Å²) in [7, 11) is 1.59. The molecule has 0 saturated carbocycles. The molecule has 34 heavy (non-hydrogen) atoms. The second-order valence-corrected chi connectivity index (χ2v) is 7.89. The van der Waals surface area contributed by atoms with Crippen molar-refractivity contribution in [1.82, 2.24) is 4.98 Å². The number of rotatable bonds is 11. The summed E-state index contributed by atoms with van der Waals surface area (Å²) in [6.45, 7) is 4.73. The highest BCUT2D eigenvalue weighted by molar-refractivity contribution is 6.04. The molecular formula is C26H28N2O6. The third-order valence-corrected chi connectivity index (χ3v) is 5.00. The van der Waals surface area contributed by atoms with Crippen LogP contribution in [0, 0.1) is 0 Å². The van der Waals surface area contributed by atoms with Crippen molar-refractivity contribution in [3.63, 3.8) is 0 Å². The molecule has 0 fully saturated rings. The van der Waals surface area contributed by atoms with Gasteiger partial charge in [0.25, 0.3) is 5.91 Å². The molecule has 0 aliphatic carbocycles. The highest BCUT2D eigenvalue weighted by atomic mass is 16.5. The Kier molecular flexibility index (Phi) is 8.59. The van der Waals surface area contributed by atoms with E-state index in [1.165, 1.54) is 18.3 Å². The van der Waals surface area contributed by atoms with E-state index in [0.717, 1.165) is 5.56 Å². The number of hydrogen-bond acceptors (Lipinski definition) is 6. The van der Waals surface area contributed by atoms with E-state index in [1.807, 2.05) is 37.3 Å². The Bertz CT molecular complexity index is 1100. The van der Waals surface area contributed by atoms with Gasteiger partial charge in [-0.3, -0.25) is 4.79 Å². The Labute approximate surface area is 198 Å². The molecule has 0 spiro atoms. The minimum Gasteiger partial charge on any atom is -0.493 e. The van der Waals surface area contributed by atoms with Crippen LogP contribution in [0.2, 0.25) is 0 Å². The van der Waals surface area contributed by atoms with E-state index in [4.69, 9.17) is 19.3 Å². The summed E-state index contributed by atoms with van der Waals surface area (Å²) in [4.78, 5) is 27.9. The zero-order valence-electron chi connectivity index (χ0n) is 19.4. The topological polar surface area (TPSA) is 107 Å². The molecule has 1 heterocycles. The van der Waals surface area contributed by atoms with Crippen molar-refractivity contribution in [1.29, 1.82) is 0 Å². The fourth-order valence-electron chi connectivity index (χ4n) is 3.24. The monoisotopic (exact) mass is 464 g/mol. The molecule has 0 radical (unpaired) electrons. The predicted octanol–water partition coefficient (Wildman–Crippen LogP) is 4.63. The van der Waals surface area contributed by atoms with Crippen LogP contribution >= 0.6 is 0 Å². The molecule has 0 bridgehead atoms. The number of carboxylic acid groups (broad SMARTS) is 1. The quantitative estimate of drug-likeness (QED) is 0.426. The van der Waals surface area contributed by atoms with Crippen LogP contribution in [-0.4, -0.2) is 48.4 Å². The maximum absolute atomic E-state index is 12.9. The van der Waals surface area contributed by atoms with Crippen LogP contribution in [0.25, 0.3) is 0 Å². The van der Waals surface area contributed by atoms with Gasteiger partial charge in [-0.05, 0) is 36.8 Å². The van der Waals surface area contributed by atoms with Gasteiger partial charge in [0.1, 0.15) is 23.4 Å². The van der Waals surface area contributed by atoms with Gasteiger partial charge < -0.3 is 24.6 Å². The highest BCUT2D eigenvalue weighted by Crippen LogP contribution is 2.26. The molecule has 0 unspecified atom stereocenters. The zero-order chi connectivity index (χ0) is 24.5. The second kappa shape index (κ2) is 11.8. The average Bonchev–Trinajstić information content (AvgIpc) is 2.83. The van der Waals surface area contributed by atoms with Gasteiger partial charge in [-0.25, -0.2) is 9.78 Å². The summed E-state index contributed by atoms with van der Waals surface area (Å²) >= 11 is 0. The van der Waals surface area contributed by atoms with Gasteiger partial charge in [-0.2, -0.15) is 0 Å². The van der Waals surface area contributed by atoms with Gasteiger partial charge in [0.05, 0.1) is 18.8 Å². The predicted molar refractivity (Wildman–Crippen MR) is 128 cm³/mol. The molecule has 1 aromatic heterocycles. The van der Waals surface area contributed by atoms with Gasteiger partial charge >= 0.3 is 5.97 Å². The fraction of sp³-hybridized carbons (Fsp3) is 0.269. The van der Waals surface area contributed by atoms with E-state index in [-0.39, 0.29) is 23.4 Å². The molecule has 0 saturated heterocycles. The Morgan fingerprint density at radius 1 is 0.971 bits per heavy atom. The number of anilines is 1. The Morgan fingerprint density at radius 3 is 2.35 bits per heavy atom. The number of hydrogen-bond donors (Lipinski definition) is 2. The Balaban J connectivity index is 1.78. The lowest BCUT2D eigenvalue weighted by Gasteiger charge is -2.18. The minimum absolute atomic E-state index is 0.0312. The summed E-state index contributed by atoms with van der Waals surface area (Å²) in [6.07, 6.45) is 0.952. The van der Waals surface area contributed by atoms with Gasteiger partial charge in [-0.15, -0.1) is 0 Å². The van der Waals surface area contributed by atoms with Gasteiger partial charge in [0, 0.05) is 30.9 Å². The molecule has 2 N–H and O–H groups in total. The fourth-order valence-corrected chi connectivity index (χ4v) is 3.24. The largest absolute Gasteiger partial charge is 0.493 e. The van der Waals surface area contributed by atoms with E-state index in [1.54, 1.807) is 25.3 Å². The van der Waals surface area contributed by atoms with Crippen molar-refractivity contribution < 1.29 is 28.9 Å². The number of nitrogens with one attached hydrogen (secondary N) is 1. The van der Waals surface area contributed by atoms with Crippen LogP contribution in [0.1, 0.15) is 46.0 Å².